The van der Waals surface area contributed by atoms with Crippen molar-refractivity contribution in [2.24, 2.45) is 0 Å². The molecule has 0 amide bonds. The van der Waals surface area contributed by atoms with Crippen molar-refractivity contribution >= 4 is 48.9 Å². The highest BCUT2D eigenvalue weighted by Gasteiger charge is 2.11. The van der Waals surface area contributed by atoms with E-state index in [0.29, 0.717) is 5.56 Å². The minimum absolute atomic E-state index is 0.675. The molecule has 0 fully saturated rings. The second-order valence-corrected chi connectivity index (χ2v) is 7.01. The Kier molecular flexibility index (Phi) is 4.44. The topological polar surface area (TPSA) is 27.0 Å². The maximum absolute atomic E-state index is 9.21. The van der Waals surface area contributed by atoms with Crippen LogP contribution in [0.4, 0.5) is 5.69 Å². The maximum atomic E-state index is 9.21. The normalized spacial score (nSPS) is 10.1. The Bertz CT molecular complexity index is 601. The Labute approximate surface area is 127 Å². The molecule has 0 unspecified atom stereocenters. The first-order valence-corrected chi connectivity index (χ1v) is 7.71. The van der Waals surface area contributed by atoms with Gasteiger partial charge in [-0.1, -0.05) is 6.07 Å². The van der Waals surface area contributed by atoms with Crippen molar-refractivity contribution in [3.8, 4) is 6.07 Å². The number of benzene rings is 1. The van der Waals surface area contributed by atoms with Gasteiger partial charge in [-0.3, -0.25) is 0 Å². The van der Waals surface area contributed by atoms with Crippen molar-refractivity contribution in [3.63, 3.8) is 0 Å². The van der Waals surface area contributed by atoms with Crippen molar-refractivity contribution in [1.29, 1.82) is 5.26 Å². The number of thiophene rings is 1. The van der Waals surface area contributed by atoms with Gasteiger partial charge in [0.05, 0.1) is 15.0 Å². The summed E-state index contributed by atoms with van der Waals surface area (Å²) in [6, 6.07) is 10.1. The van der Waals surface area contributed by atoms with Crippen LogP contribution in [0.3, 0.4) is 0 Å². The summed E-state index contributed by atoms with van der Waals surface area (Å²) < 4.78 is 1.96. The molecule has 0 radical (unpaired) electrons. The van der Waals surface area contributed by atoms with Crippen LogP contribution in [0.2, 0.25) is 0 Å². The molecule has 0 N–H and O–H groups in total. The van der Waals surface area contributed by atoms with E-state index in [9.17, 15) is 5.26 Å². The van der Waals surface area contributed by atoms with Crippen LogP contribution in [0, 0.1) is 11.3 Å². The zero-order valence-corrected chi connectivity index (χ0v) is 13.6. The highest BCUT2D eigenvalue weighted by atomic mass is 79.9. The Hall–Kier alpha value is -0.830. The fourth-order valence-electron chi connectivity index (χ4n) is 1.73. The molecule has 18 heavy (non-hydrogen) atoms. The van der Waals surface area contributed by atoms with Crippen molar-refractivity contribution in [2.45, 2.75) is 6.54 Å². The molecule has 0 aliphatic heterocycles. The summed E-state index contributed by atoms with van der Waals surface area (Å²) in [5.74, 6) is 0. The van der Waals surface area contributed by atoms with Crippen LogP contribution >= 0.6 is 43.2 Å². The molecule has 2 nitrogen and oxygen atoms in total. The summed E-state index contributed by atoms with van der Waals surface area (Å²) in [6.45, 7) is 0.785. The van der Waals surface area contributed by atoms with Crippen LogP contribution in [0.25, 0.3) is 0 Å². The first-order chi connectivity index (χ1) is 8.61. The quantitative estimate of drug-likeness (QED) is 0.759. The molecular formula is C13H10Br2N2S. The van der Waals surface area contributed by atoms with Crippen molar-refractivity contribution in [1.82, 2.24) is 0 Å². The number of anilines is 1. The molecule has 0 atom stereocenters. The van der Waals surface area contributed by atoms with Gasteiger partial charge in [0.15, 0.2) is 0 Å². The molecule has 0 spiro atoms. The van der Waals surface area contributed by atoms with Crippen LogP contribution in [-0.4, -0.2) is 7.05 Å². The molecule has 2 rings (SSSR count). The molecule has 0 aliphatic rings. The summed E-state index contributed by atoms with van der Waals surface area (Å²) in [4.78, 5) is 2.08. The third kappa shape index (κ3) is 2.94. The summed E-state index contributed by atoms with van der Waals surface area (Å²) >= 11 is 8.54. The average molecular weight is 386 g/mol. The Morgan fingerprint density at radius 1 is 1.39 bits per heavy atom. The van der Waals surface area contributed by atoms with E-state index in [1.807, 2.05) is 25.2 Å². The van der Waals surface area contributed by atoms with Gasteiger partial charge in [0.1, 0.15) is 6.07 Å². The highest BCUT2D eigenvalue weighted by molar-refractivity contribution is 9.11. The van der Waals surface area contributed by atoms with Crippen LogP contribution < -0.4 is 4.90 Å². The SMILES string of the molecule is CN(Cc1csc(Br)c1)c1cccc(Br)c1C#N. The van der Waals surface area contributed by atoms with E-state index >= 15 is 0 Å². The third-order valence-corrected chi connectivity index (χ3v) is 4.77. The Morgan fingerprint density at radius 3 is 2.78 bits per heavy atom. The van der Waals surface area contributed by atoms with Crippen LogP contribution in [0.5, 0.6) is 0 Å². The van der Waals surface area contributed by atoms with Gasteiger partial charge in [-0.05, 0) is 61.0 Å². The first-order valence-electron chi connectivity index (χ1n) is 5.24. The molecule has 92 valence electrons. The number of nitrogens with zero attached hydrogens (tertiary/aromatic N) is 2. The predicted octanol–water partition coefficient (Wildman–Crippen LogP) is 4.78. The third-order valence-electron chi connectivity index (χ3n) is 2.56. The number of rotatable bonds is 3. The van der Waals surface area contributed by atoms with Gasteiger partial charge < -0.3 is 4.90 Å². The van der Waals surface area contributed by atoms with Crippen LogP contribution in [0.1, 0.15) is 11.1 Å². The largest absolute Gasteiger partial charge is 0.369 e. The van der Waals surface area contributed by atoms with E-state index in [1.54, 1.807) is 11.3 Å². The molecular weight excluding hydrogens is 376 g/mol. The van der Waals surface area contributed by atoms with E-state index in [1.165, 1.54) is 5.56 Å². The molecule has 1 aromatic carbocycles. The van der Waals surface area contributed by atoms with Gasteiger partial charge in [0, 0.05) is 18.1 Å². The number of halogens is 2. The van der Waals surface area contributed by atoms with Gasteiger partial charge >= 0.3 is 0 Å². The molecule has 5 heteroatoms. The molecule has 2 aromatic rings. The lowest BCUT2D eigenvalue weighted by Crippen LogP contribution is -2.17. The Balaban J connectivity index is 2.27. The summed E-state index contributed by atoms with van der Waals surface area (Å²) in [5.41, 5.74) is 2.85. The summed E-state index contributed by atoms with van der Waals surface area (Å²) in [6.07, 6.45) is 0. The number of hydrogen-bond donors (Lipinski definition) is 0. The fraction of sp³-hybridized carbons (Fsp3) is 0.154. The number of hydrogen-bond acceptors (Lipinski definition) is 3. The molecule has 1 heterocycles. The minimum Gasteiger partial charge on any atom is -0.369 e. The summed E-state index contributed by atoms with van der Waals surface area (Å²) in [7, 11) is 1.99. The smallest absolute Gasteiger partial charge is 0.103 e. The van der Waals surface area contributed by atoms with Crippen molar-refractivity contribution < 1.29 is 0 Å². The van der Waals surface area contributed by atoms with E-state index in [2.05, 4.69) is 54.3 Å². The van der Waals surface area contributed by atoms with Crippen molar-refractivity contribution in [3.05, 3.63) is 49.0 Å². The highest BCUT2D eigenvalue weighted by Crippen LogP contribution is 2.28. The van der Waals surface area contributed by atoms with Gasteiger partial charge in [-0.2, -0.15) is 5.26 Å². The molecule has 1 aromatic heterocycles. The lowest BCUT2D eigenvalue weighted by Gasteiger charge is -2.20. The molecule has 0 saturated carbocycles. The second kappa shape index (κ2) is 5.87. The van der Waals surface area contributed by atoms with Crippen molar-refractivity contribution in [2.75, 3.05) is 11.9 Å². The molecule has 0 bridgehead atoms. The van der Waals surface area contributed by atoms with E-state index in [-0.39, 0.29) is 0 Å². The van der Waals surface area contributed by atoms with Gasteiger partial charge in [0.2, 0.25) is 0 Å². The Morgan fingerprint density at radius 2 is 2.17 bits per heavy atom. The lowest BCUT2D eigenvalue weighted by atomic mass is 10.1. The lowest BCUT2D eigenvalue weighted by molar-refractivity contribution is 0.924. The van der Waals surface area contributed by atoms with Crippen LogP contribution in [0.15, 0.2) is 37.9 Å². The van der Waals surface area contributed by atoms with Gasteiger partial charge in [-0.15, -0.1) is 11.3 Å². The minimum atomic E-state index is 0.675. The average Bonchev–Trinajstić information content (AvgIpc) is 2.74. The fourth-order valence-corrected chi connectivity index (χ4v) is 3.37. The molecule has 0 saturated heterocycles. The zero-order valence-electron chi connectivity index (χ0n) is 9.65. The molecule has 0 aliphatic carbocycles. The van der Waals surface area contributed by atoms with Gasteiger partial charge in [-0.25, -0.2) is 0 Å². The van der Waals surface area contributed by atoms with Gasteiger partial charge in [0.25, 0.3) is 0 Å². The predicted molar refractivity (Wildman–Crippen MR) is 83.0 cm³/mol. The monoisotopic (exact) mass is 384 g/mol. The first kappa shape index (κ1) is 13.6. The maximum Gasteiger partial charge on any atom is 0.103 e. The zero-order chi connectivity index (χ0) is 13.1. The standard InChI is InChI=1S/C13H10Br2N2S/c1-17(7-9-5-13(15)18-8-9)12-4-2-3-11(14)10(12)6-16/h2-5,8H,7H2,1H3. The van der Waals surface area contributed by atoms with Crippen LogP contribution in [-0.2, 0) is 6.54 Å². The van der Waals surface area contributed by atoms with E-state index in [0.717, 1.165) is 20.5 Å². The van der Waals surface area contributed by atoms with E-state index in [4.69, 9.17) is 0 Å². The van der Waals surface area contributed by atoms with E-state index < -0.39 is 0 Å². The summed E-state index contributed by atoms with van der Waals surface area (Å²) in [5, 5.41) is 11.3. The number of nitriles is 1. The second-order valence-electron chi connectivity index (χ2n) is 3.86.